The highest BCUT2D eigenvalue weighted by Crippen LogP contribution is 2.21. The molecule has 0 atom stereocenters. The van der Waals surface area contributed by atoms with E-state index in [-0.39, 0.29) is 5.54 Å². The molecule has 80 valence electrons. The Kier molecular flexibility index (Phi) is 5.09. The SMILES string of the molecule is CNC(C)(C)C[Si](OC)(OC)OC. The Morgan fingerprint density at radius 2 is 1.46 bits per heavy atom. The van der Waals surface area contributed by atoms with E-state index in [0.29, 0.717) is 0 Å². The van der Waals surface area contributed by atoms with E-state index < -0.39 is 8.80 Å². The quantitative estimate of drug-likeness (QED) is 0.656. The summed E-state index contributed by atoms with van der Waals surface area (Å²) in [7, 11) is 4.37. The van der Waals surface area contributed by atoms with Crippen molar-refractivity contribution in [2.24, 2.45) is 0 Å². The van der Waals surface area contributed by atoms with Crippen LogP contribution in [-0.2, 0) is 13.3 Å². The molecule has 0 amide bonds. The maximum absolute atomic E-state index is 5.33. The third kappa shape index (κ3) is 3.74. The van der Waals surface area contributed by atoms with Crippen molar-refractivity contribution in [2.45, 2.75) is 25.4 Å². The number of rotatable bonds is 6. The molecule has 13 heavy (non-hydrogen) atoms. The Hall–Kier alpha value is 0.0569. The first-order valence-corrected chi connectivity index (χ1v) is 6.23. The normalized spacial score (nSPS) is 13.4. The zero-order valence-corrected chi connectivity index (χ0v) is 10.4. The molecule has 0 aromatic heterocycles. The van der Waals surface area contributed by atoms with Crippen molar-refractivity contribution >= 4 is 8.80 Å². The van der Waals surface area contributed by atoms with Crippen molar-refractivity contribution in [1.29, 1.82) is 0 Å². The fourth-order valence-electron chi connectivity index (χ4n) is 1.10. The van der Waals surface area contributed by atoms with Gasteiger partial charge in [0, 0.05) is 32.9 Å². The van der Waals surface area contributed by atoms with E-state index in [1.165, 1.54) is 0 Å². The molecule has 0 spiro atoms. The van der Waals surface area contributed by atoms with Gasteiger partial charge in [0.05, 0.1) is 0 Å². The van der Waals surface area contributed by atoms with Crippen molar-refractivity contribution in [3.8, 4) is 0 Å². The van der Waals surface area contributed by atoms with Crippen molar-refractivity contribution in [2.75, 3.05) is 28.4 Å². The number of nitrogens with one attached hydrogen (secondary N) is 1. The van der Waals surface area contributed by atoms with Gasteiger partial charge in [-0.2, -0.15) is 0 Å². The molecule has 0 aromatic carbocycles. The van der Waals surface area contributed by atoms with Gasteiger partial charge in [-0.05, 0) is 20.9 Å². The minimum atomic E-state index is -2.44. The fourth-order valence-corrected chi connectivity index (χ4v) is 3.29. The highest BCUT2D eigenvalue weighted by atomic mass is 28.4. The Bertz CT molecular complexity index is 140. The molecule has 0 saturated heterocycles. The van der Waals surface area contributed by atoms with Gasteiger partial charge in [0.25, 0.3) is 0 Å². The van der Waals surface area contributed by atoms with Crippen LogP contribution in [0.2, 0.25) is 6.04 Å². The lowest BCUT2D eigenvalue weighted by Crippen LogP contribution is -2.52. The van der Waals surface area contributed by atoms with Gasteiger partial charge in [0.2, 0.25) is 0 Å². The van der Waals surface area contributed by atoms with Crippen molar-refractivity contribution < 1.29 is 13.3 Å². The molecule has 0 saturated carbocycles. The van der Waals surface area contributed by atoms with Gasteiger partial charge in [0.15, 0.2) is 0 Å². The number of hydrogen-bond acceptors (Lipinski definition) is 4. The molecule has 0 radical (unpaired) electrons. The Balaban J connectivity index is 4.41. The maximum Gasteiger partial charge on any atom is 0.502 e. The Morgan fingerprint density at radius 3 is 1.69 bits per heavy atom. The molecule has 0 aromatic rings. The first kappa shape index (κ1) is 13.1. The van der Waals surface area contributed by atoms with Gasteiger partial charge in [0.1, 0.15) is 0 Å². The van der Waals surface area contributed by atoms with Crippen LogP contribution in [0.4, 0.5) is 0 Å². The summed E-state index contributed by atoms with van der Waals surface area (Å²) < 4.78 is 16.0. The lowest BCUT2D eigenvalue weighted by molar-refractivity contribution is 0.115. The van der Waals surface area contributed by atoms with E-state index in [9.17, 15) is 0 Å². The predicted molar refractivity (Wildman–Crippen MR) is 54.7 cm³/mol. The largest absolute Gasteiger partial charge is 0.502 e. The first-order chi connectivity index (χ1) is 5.95. The Morgan fingerprint density at radius 1 is 1.08 bits per heavy atom. The van der Waals surface area contributed by atoms with Gasteiger partial charge in [-0.1, -0.05) is 0 Å². The van der Waals surface area contributed by atoms with Crippen LogP contribution in [0.1, 0.15) is 13.8 Å². The van der Waals surface area contributed by atoms with E-state index in [2.05, 4.69) is 19.2 Å². The van der Waals surface area contributed by atoms with Gasteiger partial charge >= 0.3 is 8.80 Å². The van der Waals surface area contributed by atoms with Crippen molar-refractivity contribution in [1.82, 2.24) is 5.32 Å². The summed E-state index contributed by atoms with van der Waals surface area (Å²) in [6.07, 6.45) is 0. The molecule has 0 bridgehead atoms. The van der Waals surface area contributed by atoms with E-state index in [0.717, 1.165) is 6.04 Å². The second-order valence-electron chi connectivity index (χ2n) is 3.61. The summed E-state index contributed by atoms with van der Waals surface area (Å²) in [5.41, 5.74) is -0.0335. The Labute approximate surface area is 81.9 Å². The molecule has 0 rings (SSSR count). The van der Waals surface area contributed by atoms with Crippen LogP contribution in [0.3, 0.4) is 0 Å². The highest BCUT2D eigenvalue weighted by Gasteiger charge is 2.43. The molecule has 0 heterocycles. The van der Waals surface area contributed by atoms with Crippen LogP contribution in [0, 0.1) is 0 Å². The van der Waals surface area contributed by atoms with Crippen LogP contribution in [-0.4, -0.2) is 42.7 Å². The zero-order valence-electron chi connectivity index (χ0n) is 9.43. The van der Waals surface area contributed by atoms with E-state index in [4.69, 9.17) is 13.3 Å². The second kappa shape index (κ2) is 5.07. The summed E-state index contributed by atoms with van der Waals surface area (Å²) in [6, 6.07) is 0.750. The fraction of sp³-hybridized carbons (Fsp3) is 1.00. The van der Waals surface area contributed by atoms with Gasteiger partial charge in [-0.3, -0.25) is 0 Å². The van der Waals surface area contributed by atoms with Crippen molar-refractivity contribution in [3.05, 3.63) is 0 Å². The summed E-state index contributed by atoms with van der Waals surface area (Å²) in [5.74, 6) is 0. The third-order valence-electron chi connectivity index (χ3n) is 2.27. The van der Waals surface area contributed by atoms with Crippen molar-refractivity contribution in [3.63, 3.8) is 0 Å². The minimum absolute atomic E-state index is 0.0335. The summed E-state index contributed by atoms with van der Waals surface area (Å²) in [4.78, 5) is 0. The van der Waals surface area contributed by atoms with E-state index >= 15 is 0 Å². The first-order valence-electron chi connectivity index (χ1n) is 4.29. The molecular formula is C8H21NO3Si. The minimum Gasteiger partial charge on any atom is -0.377 e. The molecule has 0 fully saturated rings. The third-order valence-corrected chi connectivity index (χ3v) is 5.45. The molecule has 5 heteroatoms. The molecular weight excluding hydrogens is 186 g/mol. The molecule has 4 nitrogen and oxygen atoms in total. The molecule has 0 aliphatic rings. The average Bonchev–Trinajstić information content (AvgIpc) is 2.14. The second-order valence-corrected chi connectivity index (χ2v) is 6.55. The maximum atomic E-state index is 5.33. The van der Waals surface area contributed by atoms with Gasteiger partial charge in [-0.15, -0.1) is 0 Å². The lowest BCUT2D eigenvalue weighted by atomic mass is 10.1. The van der Waals surface area contributed by atoms with Crippen LogP contribution >= 0.6 is 0 Å². The summed E-state index contributed by atoms with van der Waals surface area (Å²) >= 11 is 0. The van der Waals surface area contributed by atoms with E-state index in [1.54, 1.807) is 21.3 Å². The molecule has 1 N–H and O–H groups in total. The predicted octanol–water partition coefficient (Wildman–Crippen LogP) is 0.862. The van der Waals surface area contributed by atoms with Crippen LogP contribution in [0.5, 0.6) is 0 Å². The lowest BCUT2D eigenvalue weighted by Gasteiger charge is -2.33. The van der Waals surface area contributed by atoms with Crippen LogP contribution in [0.25, 0.3) is 0 Å². The van der Waals surface area contributed by atoms with Gasteiger partial charge < -0.3 is 18.6 Å². The molecule has 0 unspecified atom stereocenters. The van der Waals surface area contributed by atoms with Crippen LogP contribution < -0.4 is 5.32 Å². The van der Waals surface area contributed by atoms with Crippen LogP contribution in [0.15, 0.2) is 0 Å². The summed E-state index contributed by atoms with van der Waals surface area (Å²) in [5, 5.41) is 3.19. The smallest absolute Gasteiger partial charge is 0.377 e. The highest BCUT2D eigenvalue weighted by molar-refractivity contribution is 6.60. The van der Waals surface area contributed by atoms with E-state index in [1.807, 2.05) is 7.05 Å². The number of hydrogen-bond donors (Lipinski definition) is 1. The zero-order chi connectivity index (χ0) is 10.5. The standard InChI is InChI=1S/C8H21NO3Si/c1-8(2,9-3)7-13(10-4,11-5)12-6/h9H,7H2,1-6H3. The molecule has 0 aliphatic heterocycles. The monoisotopic (exact) mass is 207 g/mol. The van der Waals surface area contributed by atoms with Gasteiger partial charge in [-0.25, -0.2) is 0 Å². The summed E-state index contributed by atoms with van der Waals surface area (Å²) in [6.45, 7) is 4.18. The average molecular weight is 207 g/mol. The topological polar surface area (TPSA) is 39.7 Å². The molecule has 0 aliphatic carbocycles.